The highest BCUT2D eigenvalue weighted by atomic mass is 16.2. The third-order valence-electron chi connectivity index (χ3n) is 5.00. The van der Waals surface area contributed by atoms with Crippen molar-refractivity contribution in [3.05, 3.63) is 42.2 Å². The van der Waals surface area contributed by atoms with Crippen molar-refractivity contribution in [3.8, 4) is 0 Å². The summed E-state index contributed by atoms with van der Waals surface area (Å²) in [6.45, 7) is 1.80. The number of hydrogen-bond donors (Lipinski definition) is 0. The number of likely N-dealkylation sites (tertiary alicyclic amines) is 1. The van der Waals surface area contributed by atoms with Crippen molar-refractivity contribution in [1.82, 2.24) is 24.6 Å². The maximum absolute atomic E-state index is 12.9. The molecule has 1 amide bonds. The van der Waals surface area contributed by atoms with Gasteiger partial charge in [0.15, 0.2) is 5.82 Å². The van der Waals surface area contributed by atoms with Gasteiger partial charge in [0.05, 0.1) is 12.5 Å². The number of nitrogens with zero attached hydrogens (tertiary/aromatic N) is 5. The van der Waals surface area contributed by atoms with Crippen LogP contribution in [0, 0.1) is 5.92 Å². The van der Waals surface area contributed by atoms with E-state index in [2.05, 4.69) is 19.7 Å². The van der Waals surface area contributed by atoms with E-state index < -0.39 is 0 Å². The zero-order chi connectivity index (χ0) is 16.4. The van der Waals surface area contributed by atoms with Gasteiger partial charge in [0.25, 0.3) is 0 Å². The second-order valence-corrected chi connectivity index (χ2v) is 6.92. The van der Waals surface area contributed by atoms with E-state index >= 15 is 0 Å². The molecular formula is C18H23N5O. The molecule has 0 radical (unpaired) electrons. The molecule has 2 aromatic heterocycles. The first kappa shape index (κ1) is 15.3. The molecule has 4 rings (SSSR count). The molecule has 126 valence electrons. The summed E-state index contributed by atoms with van der Waals surface area (Å²) in [7, 11) is 0. The van der Waals surface area contributed by atoms with E-state index in [0.717, 1.165) is 49.7 Å². The van der Waals surface area contributed by atoms with Crippen molar-refractivity contribution in [2.45, 2.75) is 51.1 Å². The third kappa shape index (κ3) is 3.32. The average Bonchev–Trinajstić information content (AvgIpc) is 3.31. The van der Waals surface area contributed by atoms with Crippen LogP contribution in [0.1, 0.15) is 49.5 Å². The summed E-state index contributed by atoms with van der Waals surface area (Å²) in [5, 5.41) is 8.49. The summed E-state index contributed by atoms with van der Waals surface area (Å²) < 4.78 is 2.16. The Hall–Kier alpha value is -2.24. The minimum Gasteiger partial charge on any atom is -0.332 e. The lowest BCUT2D eigenvalue weighted by atomic mass is 10.00. The van der Waals surface area contributed by atoms with Gasteiger partial charge in [0.1, 0.15) is 6.33 Å². The highest BCUT2D eigenvalue weighted by Gasteiger charge is 2.32. The molecule has 6 nitrogen and oxygen atoms in total. The topological polar surface area (TPSA) is 63.9 Å². The zero-order valence-corrected chi connectivity index (χ0v) is 13.8. The third-order valence-corrected chi connectivity index (χ3v) is 5.00. The fourth-order valence-electron chi connectivity index (χ4n) is 3.52. The van der Waals surface area contributed by atoms with Gasteiger partial charge in [0, 0.05) is 25.5 Å². The van der Waals surface area contributed by atoms with Crippen molar-refractivity contribution in [2.24, 2.45) is 5.92 Å². The molecule has 2 aromatic rings. The maximum Gasteiger partial charge on any atom is 0.227 e. The first-order chi connectivity index (χ1) is 11.8. The molecule has 0 bridgehead atoms. The van der Waals surface area contributed by atoms with Crippen LogP contribution in [0.2, 0.25) is 0 Å². The lowest BCUT2D eigenvalue weighted by molar-refractivity contribution is -0.134. The van der Waals surface area contributed by atoms with E-state index in [-0.39, 0.29) is 11.9 Å². The number of aromatic nitrogens is 4. The summed E-state index contributed by atoms with van der Waals surface area (Å²) in [5.41, 5.74) is 0.964. The van der Waals surface area contributed by atoms with Crippen LogP contribution < -0.4 is 0 Å². The average molecular weight is 325 g/mol. The van der Waals surface area contributed by atoms with Crippen LogP contribution in [-0.2, 0) is 17.8 Å². The minimum absolute atomic E-state index is 0.0594. The Morgan fingerprint density at radius 2 is 2.17 bits per heavy atom. The van der Waals surface area contributed by atoms with Crippen molar-refractivity contribution >= 4 is 5.91 Å². The van der Waals surface area contributed by atoms with Crippen LogP contribution >= 0.6 is 0 Å². The van der Waals surface area contributed by atoms with Crippen LogP contribution in [0.15, 0.2) is 30.9 Å². The molecule has 3 heterocycles. The number of rotatable bonds is 5. The minimum atomic E-state index is 0.0594. The first-order valence-corrected chi connectivity index (χ1v) is 8.87. The molecule has 24 heavy (non-hydrogen) atoms. The number of pyridine rings is 1. The highest BCUT2D eigenvalue weighted by Crippen LogP contribution is 2.34. The first-order valence-electron chi connectivity index (χ1n) is 8.87. The van der Waals surface area contributed by atoms with Crippen molar-refractivity contribution < 1.29 is 4.79 Å². The van der Waals surface area contributed by atoms with E-state index in [1.807, 2.05) is 23.4 Å². The van der Waals surface area contributed by atoms with E-state index in [9.17, 15) is 4.79 Å². The summed E-state index contributed by atoms with van der Waals surface area (Å²) >= 11 is 0. The fraction of sp³-hybridized carbons (Fsp3) is 0.556. The summed E-state index contributed by atoms with van der Waals surface area (Å²) in [5.74, 6) is 1.89. The van der Waals surface area contributed by atoms with Crippen molar-refractivity contribution in [3.63, 3.8) is 0 Å². The van der Waals surface area contributed by atoms with Crippen molar-refractivity contribution in [1.29, 1.82) is 0 Å². The second-order valence-electron chi connectivity index (χ2n) is 6.92. The lowest BCUT2D eigenvalue weighted by Gasteiger charge is -2.35. The van der Waals surface area contributed by atoms with E-state index in [1.165, 1.54) is 12.8 Å². The number of carbonyl (C=O) groups is 1. The largest absolute Gasteiger partial charge is 0.332 e. The number of carbonyl (C=O) groups excluding carboxylic acids is 1. The molecule has 0 aromatic carbocycles. The molecule has 1 aliphatic heterocycles. The van der Waals surface area contributed by atoms with Crippen LogP contribution in [0.3, 0.4) is 0 Å². The van der Waals surface area contributed by atoms with Gasteiger partial charge in [0.2, 0.25) is 5.91 Å². The highest BCUT2D eigenvalue weighted by molar-refractivity contribution is 5.79. The molecule has 1 saturated heterocycles. The number of hydrogen-bond acceptors (Lipinski definition) is 4. The Labute approximate surface area is 141 Å². The summed E-state index contributed by atoms with van der Waals surface area (Å²) in [6, 6.07) is 3.89. The maximum atomic E-state index is 12.9. The van der Waals surface area contributed by atoms with Gasteiger partial charge in [-0.3, -0.25) is 9.78 Å². The SMILES string of the molecule is O=C(Cc1cccnc1)N1CCCCC1c1nncn1CC1CC1. The van der Waals surface area contributed by atoms with Crippen molar-refractivity contribution in [2.75, 3.05) is 6.54 Å². The van der Waals surface area contributed by atoms with Crippen LogP contribution in [0.5, 0.6) is 0 Å². The fourth-order valence-corrected chi connectivity index (χ4v) is 3.52. The number of amides is 1. The Bertz CT molecular complexity index is 694. The lowest BCUT2D eigenvalue weighted by Crippen LogP contribution is -2.40. The van der Waals surface area contributed by atoms with Gasteiger partial charge >= 0.3 is 0 Å². The van der Waals surface area contributed by atoms with Crippen LogP contribution in [-0.4, -0.2) is 37.1 Å². The van der Waals surface area contributed by atoms with Gasteiger partial charge in [-0.15, -0.1) is 10.2 Å². The smallest absolute Gasteiger partial charge is 0.227 e. The monoisotopic (exact) mass is 325 g/mol. The molecule has 1 saturated carbocycles. The van der Waals surface area contributed by atoms with Gasteiger partial charge < -0.3 is 9.47 Å². The molecule has 2 fully saturated rings. The predicted molar refractivity (Wildman–Crippen MR) is 89.0 cm³/mol. The molecule has 1 atom stereocenters. The van der Waals surface area contributed by atoms with E-state index in [1.54, 1.807) is 12.4 Å². The standard InChI is InChI=1S/C18H23N5O/c24-17(10-15-4-3-8-19-11-15)23-9-2-1-5-16(23)18-21-20-13-22(18)12-14-6-7-14/h3-4,8,11,13-14,16H,1-2,5-7,9-10,12H2. The Morgan fingerprint density at radius 3 is 2.96 bits per heavy atom. The molecule has 2 aliphatic rings. The normalized spacial score (nSPS) is 21.0. The van der Waals surface area contributed by atoms with Crippen LogP contribution in [0.25, 0.3) is 0 Å². The number of piperidine rings is 1. The predicted octanol–water partition coefficient (Wildman–Crippen LogP) is 2.38. The Morgan fingerprint density at radius 1 is 1.25 bits per heavy atom. The summed E-state index contributed by atoms with van der Waals surface area (Å²) in [6.07, 6.45) is 11.5. The Kier molecular flexibility index (Phi) is 4.28. The van der Waals surface area contributed by atoms with Gasteiger partial charge in [-0.1, -0.05) is 6.07 Å². The van der Waals surface area contributed by atoms with E-state index in [4.69, 9.17) is 0 Å². The Balaban J connectivity index is 1.52. The second kappa shape index (κ2) is 6.71. The zero-order valence-electron chi connectivity index (χ0n) is 13.8. The molecular weight excluding hydrogens is 302 g/mol. The van der Waals surface area contributed by atoms with Gasteiger partial charge in [-0.25, -0.2) is 0 Å². The molecule has 1 unspecified atom stereocenters. The van der Waals surface area contributed by atoms with Crippen LogP contribution in [0.4, 0.5) is 0 Å². The van der Waals surface area contributed by atoms with Gasteiger partial charge in [-0.2, -0.15) is 0 Å². The van der Waals surface area contributed by atoms with Gasteiger partial charge in [-0.05, 0) is 49.7 Å². The quantitative estimate of drug-likeness (QED) is 0.846. The molecule has 6 heteroatoms. The van der Waals surface area contributed by atoms with E-state index in [0.29, 0.717) is 6.42 Å². The molecule has 0 spiro atoms. The molecule has 0 N–H and O–H groups in total. The molecule has 1 aliphatic carbocycles. The summed E-state index contributed by atoms with van der Waals surface area (Å²) in [4.78, 5) is 19.0.